The first-order valence-corrected chi connectivity index (χ1v) is 8.02. The van der Waals surface area contributed by atoms with E-state index in [0.717, 1.165) is 6.42 Å². The van der Waals surface area contributed by atoms with Crippen LogP contribution in [0.15, 0.2) is 0 Å². The van der Waals surface area contributed by atoms with Crippen molar-refractivity contribution in [3.63, 3.8) is 0 Å². The van der Waals surface area contributed by atoms with Gasteiger partial charge in [-0.25, -0.2) is 4.79 Å². The summed E-state index contributed by atoms with van der Waals surface area (Å²) in [5, 5.41) is 8.91. The molecule has 3 heteroatoms. The predicted octanol–water partition coefficient (Wildman–Crippen LogP) is 3.50. The first-order valence-electron chi connectivity index (χ1n) is 8.02. The molecule has 0 heterocycles. The zero-order chi connectivity index (χ0) is 14.6. The van der Waals surface area contributed by atoms with E-state index in [1.165, 1.54) is 51.4 Å². The second-order valence-corrected chi connectivity index (χ2v) is 6.10. The maximum Gasteiger partial charge on any atom is 0.313 e. The normalized spacial score (nSPS) is 11.8. The van der Waals surface area contributed by atoms with Crippen LogP contribution < -0.4 is 0 Å². The summed E-state index contributed by atoms with van der Waals surface area (Å²) in [5.41, 5.74) is 0. The van der Waals surface area contributed by atoms with Crippen LogP contribution >= 0.6 is 0 Å². The Morgan fingerprint density at radius 3 is 1.84 bits per heavy atom. The summed E-state index contributed by atoms with van der Waals surface area (Å²) in [6.45, 7) is 2.85. The van der Waals surface area contributed by atoms with Crippen LogP contribution in [-0.2, 0) is 4.79 Å². The molecule has 0 saturated carbocycles. The Bertz CT molecular complexity index is 227. The molecule has 0 atom stereocenters. The number of amides is 1. The fourth-order valence-electron chi connectivity index (χ4n) is 2.26. The molecule has 3 nitrogen and oxygen atoms in total. The van der Waals surface area contributed by atoms with Crippen molar-refractivity contribution in [2.24, 2.45) is 0 Å². The molecule has 1 N–H and O–H groups in total. The van der Waals surface area contributed by atoms with Gasteiger partial charge in [0.25, 0.3) is 0 Å². The van der Waals surface area contributed by atoms with E-state index in [0.29, 0.717) is 17.4 Å². The summed E-state index contributed by atoms with van der Waals surface area (Å²) in [5.74, 6) is 0.247. The number of carbonyl (C=O) groups excluding carboxylic acids is 1. The first kappa shape index (κ1) is 18.6. The van der Waals surface area contributed by atoms with Gasteiger partial charge in [-0.1, -0.05) is 58.3 Å². The number of aliphatic hydroxyl groups excluding tert-OH is 1. The number of unbranched alkanes of at least 4 members (excludes halogenated alkanes) is 8. The molecule has 114 valence electrons. The van der Waals surface area contributed by atoms with Crippen molar-refractivity contribution in [3.8, 4) is 0 Å². The van der Waals surface area contributed by atoms with Crippen molar-refractivity contribution in [1.82, 2.24) is 0 Å². The average Bonchev–Trinajstić information content (AvgIpc) is 2.36. The molecule has 0 aliphatic heterocycles. The fraction of sp³-hybridized carbons (Fsp3) is 0.938. The molecule has 0 aliphatic carbocycles. The molecule has 0 unspecified atom stereocenters. The molecule has 0 fully saturated rings. The van der Waals surface area contributed by atoms with E-state index in [1.807, 2.05) is 14.1 Å². The minimum absolute atomic E-state index is 0.0799. The third-order valence-electron chi connectivity index (χ3n) is 3.83. The van der Waals surface area contributed by atoms with Crippen molar-refractivity contribution in [2.75, 3.05) is 27.2 Å². The summed E-state index contributed by atoms with van der Waals surface area (Å²) in [6, 6.07) is 0. The van der Waals surface area contributed by atoms with Crippen LogP contribution in [0, 0.1) is 0 Å². The Hall–Kier alpha value is -0.410. The molecule has 0 bridgehead atoms. The van der Waals surface area contributed by atoms with Crippen molar-refractivity contribution >= 4 is 5.91 Å². The molecule has 0 spiro atoms. The Morgan fingerprint density at radius 1 is 0.895 bits per heavy atom. The van der Waals surface area contributed by atoms with Crippen molar-refractivity contribution in [1.29, 1.82) is 0 Å². The highest BCUT2D eigenvalue weighted by atomic mass is 16.3. The largest absolute Gasteiger partial charge is 0.390 e. The number of hydrogen-bond acceptors (Lipinski definition) is 2. The molecule has 19 heavy (non-hydrogen) atoms. The van der Waals surface area contributed by atoms with Gasteiger partial charge in [-0.15, -0.1) is 0 Å². The Morgan fingerprint density at radius 2 is 1.37 bits per heavy atom. The summed E-state index contributed by atoms with van der Waals surface area (Å²) < 4.78 is 0.313. The van der Waals surface area contributed by atoms with E-state index >= 15 is 0 Å². The molecule has 0 aromatic carbocycles. The van der Waals surface area contributed by atoms with Gasteiger partial charge < -0.3 is 5.11 Å². The van der Waals surface area contributed by atoms with Crippen molar-refractivity contribution in [3.05, 3.63) is 0 Å². The highest BCUT2D eigenvalue weighted by molar-refractivity contribution is 5.68. The average molecular weight is 272 g/mol. The van der Waals surface area contributed by atoms with Crippen LogP contribution in [0.1, 0.15) is 71.1 Å². The number of likely N-dealkylation sites (N-methyl/N-ethyl adjacent to an activating group) is 1. The van der Waals surface area contributed by atoms with Gasteiger partial charge >= 0.3 is 5.91 Å². The second kappa shape index (κ2) is 11.4. The third-order valence-corrected chi connectivity index (χ3v) is 3.83. The van der Waals surface area contributed by atoms with Gasteiger partial charge in [0.15, 0.2) is 0 Å². The first-order chi connectivity index (χ1) is 9.04. The minimum Gasteiger partial charge on any atom is -0.390 e. The van der Waals surface area contributed by atoms with Crippen LogP contribution in [0.2, 0.25) is 0 Å². The molecule has 0 aromatic rings. The zero-order valence-electron chi connectivity index (χ0n) is 13.3. The Balaban J connectivity index is 3.41. The van der Waals surface area contributed by atoms with Crippen LogP contribution in [-0.4, -0.2) is 42.7 Å². The summed E-state index contributed by atoms with van der Waals surface area (Å²) >= 11 is 0. The van der Waals surface area contributed by atoms with E-state index in [-0.39, 0.29) is 12.5 Å². The maximum atomic E-state index is 11.9. The number of hydrogen-bond donors (Lipinski definition) is 1. The maximum absolute atomic E-state index is 11.9. The highest BCUT2D eigenvalue weighted by Crippen LogP contribution is 2.12. The molecule has 0 aliphatic rings. The second-order valence-electron chi connectivity index (χ2n) is 6.10. The smallest absolute Gasteiger partial charge is 0.313 e. The Labute approximate surface area is 119 Å². The summed E-state index contributed by atoms with van der Waals surface area (Å²) in [4.78, 5) is 11.9. The zero-order valence-corrected chi connectivity index (χ0v) is 13.3. The van der Waals surface area contributed by atoms with Crippen LogP contribution in [0.3, 0.4) is 0 Å². The molecule has 0 rings (SSSR count). The van der Waals surface area contributed by atoms with Gasteiger partial charge in [0.05, 0.1) is 27.1 Å². The molecule has 0 radical (unpaired) electrons. The van der Waals surface area contributed by atoms with Crippen LogP contribution in [0.4, 0.5) is 0 Å². The summed E-state index contributed by atoms with van der Waals surface area (Å²) in [7, 11) is 3.76. The van der Waals surface area contributed by atoms with E-state index < -0.39 is 0 Å². The number of aliphatic hydroxyl groups is 1. The van der Waals surface area contributed by atoms with Crippen LogP contribution in [0.25, 0.3) is 0 Å². The summed E-state index contributed by atoms with van der Waals surface area (Å²) in [6.07, 6.45) is 12.2. The molecular formula is C16H34NO2+. The van der Waals surface area contributed by atoms with Crippen LogP contribution in [0.5, 0.6) is 0 Å². The van der Waals surface area contributed by atoms with E-state index in [9.17, 15) is 4.79 Å². The fourth-order valence-corrected chi connectivity index (χ4v) is 2.26. The van der Waals surface area contributed by atoms with Crippen molar-refractivity contribution in [2.45, 2.75) is 71.1 Å². The minimum atomic E-state index is 0.0799. The van der Waals surface area contributed by atoms with Gasteiger partial charge in [0, 0.05) is 0 Å². The Kier molecular flexibility index (Phi) is 11.2. The number of nitrogens with zero attached hydrogens (tertiary/aromatic N) is 1. The van der Waals surface area contributed by atoms with E-state index in [2.05, 4.69) is 6.92 Å². The van der Waals surface area contributed by atoms with E-state index in [1.54, 1.807) is 0 Å². The van der Waals surface area contributed by atoms with Gasteiger partial charge in [-0.05, 0) is 6.42 Å². The van der Waals surface area contributed by atoms with Gasteiger partial charge in [0.1, 0.15) is 6.54 Å². The number of carbonyl (C=O) groups is 1. The van der Waals surface area contributed by atoms with E-state index in [4.69, 9.17) is 5.11 Å². The third kappa shape index (κ3) is 10.1. The van der Waals surface area contributed by atoms with Gasteiger partial charge in [-0.2, -0.15) is 0 Å². The lowest BCUT2D eigenvalue weighted by atomic mass is 10.1. The highest BCUT2D eigenvalue weighted by Gasteiger charge is 2.24. The van der Waals surface area contributed by atoms with Gasteiger partial charge in [-0.3, -0.25) is 4.48 Å². The molecular weight excluding hydrogens is 238 g/mol. The lowest BCUT2D eigenvalue weighted by Gasteiger charge is -2.25. The van der Waals surface area contributed by atoms with Crippen molar-refractivity contribution < 1.29 is 14.4 Å². The quantitative estimate of drug-likeness (QED) is 0.436. The number of quaternary nitrogens is 1. The van der Waals surface area contributed by atoms with Gasteiger partial charge in [0.2, 0.25) is 0 Å². The molecule has 1 amide bonds. The standard InChI is InChI=1S/C16H34NO2/c1-4-5-6-7-8-9-10-11-12-13-16(19)17(2,3)14-15-18/h18H,4-15H2,1-3H3/q+1. The molecule has 0 saturated heterocycles. The monoisotopic (exact) mass is 272 g/mol. The molecule has 0 aromatic heterocycles. The lowest BCUT2D eigenvalue weighted by Crippen LogP contribution is -2.47. The number of rotatable bonds is 12. The predicted molar refractivity (Wildman–Crippen MR) is 80.9 cm³/mol. The SMILES string of the molecule is CCCCCCCCCCCC(=O)[N+](C)(C)CCO. The lowest BCUT2D eigenvalue weighted by molar-refractivity contribution is -0.814. The topological polar surface area (TPSA) is 37.3 Å².